The molecule has 1 fully saturated rings. The number of hydrogen-bond donors (Lipinski definition) is 6. The van der Waals surface area contributed by atoms with E-state index in [0.29, 0.717) is 43.6 Å². The monoisotopic (exact) mass is 830 g/mol. The Hall–Kier alpha value is -6.79. The summed E-state index contributed by atoms with van der Waals surface area (Å²) in [6, 6.07) is 19.9. The first-order valence-corrected chi connectivity index (χ1v) is 19.9. The fourth-order valence-corrected chi connectivity index (χ4v) is 6.22. The predicted octanol–water partition coefficient (Wildman–Crippen LogP) is 7.74. The summed E-state index contributed by atoms with van der Waals surface area (Å²) in [5.74, 6) is -0.101. The van der Waals surface area contributed by atoms with E-state index in [1.165, 1.54) is 62.4 Å². The lowest BCUT2D eigenvalue weighted by Crippen LogP contribution is -2.37. The summed E-state index contributed by atoms with van der Waals surface area (Å²) in [6.45, 7) is 4.60. The largest absolute Gasteiger partial charge is 0.497 e. The van der Waals surface area contributed by atoms with Gasteiger partial charge in [0.25, 0.3) is 20.2 Å². The van der Waals surface area contributed by atoms with Crippen LogP contribution in [0.4, 0.5) is 63.3 Å². The quantitative estimate of drug-likeness (QED) is 0.0286. The molecule has 2 heterocycles. The van der Waals surface area contributed by atoms with Crippen molar-refractivity contribution < 1.29 is 40.9 Å². The van der Waals surface area contributed by atoms with Crippen molar-refractivity contribution in [2.75, 3.05) is 41.8 Å². The Kier molecular flexibility index (Phi) is 12.4. The molecule has 1 saturated heterocycles. The highest BCUT2D eigenvalue weighted by atomic mass is 32.2. The lowest BCUT2D eigenvalue weighted by molar-refractivity contribution is 0.122. The molecule has 0 unspecified atom stereocenters. The van der Waals surface area contributed by atoms with Gasteiger partial charge in [-0.2, -0.15) is 52.2 Å². The number of aliphatic hydroxyl groups excluding tert-OH is 2. The fraction of sp³-hybridized carbons (Fsp3) is 0.171. The van der Waals surface area contributed by atoms with E-state index in [4.69, 9.17) is 4.74 Å². The summed E-state index contributed by atoms with van der Waals surface area (Å²) in [5, 5.41) is 42.9. The smallest absolute Gasteiger partial charge is 0.294 e. The van der Waals surface area contributed by atoms with E-state index in [1.54, 1.807) is 24.3 Å². The van der Waals surface area contributed by atoms with Crippen LogP contribution in [0, 0.1) is 0 Å². The molecule has 1 aliphatic rings. The standard InChI is InChI=1S/C35H34N12O9S2/c1-21(48)36-31-19-25(45-43-23-5-3-7-27(17-23)57(50,51)52)9-11-29(31)38-33-40-34(42-35(41-33)47-13-15-56-16-14-47)39-30-12-10-26(20-32(30)37-22(2)49)46-44-24-6-4-8-28(18-24)58(53,54)55/h3-12,17-20H,13-16H2,1-2H3,(H,36,48)(H,37,49)(H,50,51,52)(H,53,54,55)(H2,38,39,40,41,42). The van der Waals surface area contributed by atoms with Gasteiger partial charge in [-0.15, -0.1) is 0 Å². The number of aliphatic imine (C=N–C) groups is 2. The van der Waals surface area contributed by atoms with Crippen molar-refractivity contribution in [3.8, 4) is 0 Å². The van der Waals surface area contributed by atoms with Gasteiger partial charge in [-0.25, -0.2) is 9.98 Å². The fourth-order valence-electron chi connectivity index (χ4n) is 5.18. The van der Waals surface area contributed by atoms with E-state index in [-0.39, 0.29) is 67.6 Å². The number of nitrogens with one attached hydrogen (secondary N) is 2. The van der Waals surface area contributed by atoms with Crippen molar-refractivity contribution in [3.05, 3.63) is 84.9 Å². The number of morpholine rings is 1. The highest BCUT2D eigenvalue weighted by Gasteiger charge is 2.19. The molecule has 23 heteroatoms. The van der Waals surface area contributed by atoms with Crippen LogP contribution < -0.4 is 15.5 Å². The van der Waals surface area contributed by atoms with Crippen LogP contribution in [0.2, 0.25) is 0 Å². The average Bonchev–Trinajstić information content (AvgIpc) is 3.17. The number of benzene rings is 4. The maximum atomic E-state index is 11.5. The Morgan fingerprint density at radius 1 is 0.621 bits per heavy atom. The van der Waals surface area contributed by atoms with Gasteiger partial charge in [0.1, 0.15) is 0 Å². The number of aromatic nitrogens is 3. The first-order valence-electron chi connectivity index (χ1n) is 17.0. The Labute approximate surface area is 331 Å². The molecule has 0 atom stereocenters. The Bertz CT molecular complexity index is 2510. The number of azo groups is 2. The Morgan fingerprint density at radius 3 is 1.43 bits per heavy atom. The maximum absolute atomic E-state index is 11.5. The van der Waals surface area contributed by atoms with Crippen LogP contribution >= 0.6 is 0 Å². The summed E-state index contributed by atoms with van der Waals surface area (Å²) in [6.07, 6.45) is 0. The van der Waals surface area contributed by atoms with Crippen molar-refractivity contribution in [1.82, 2.24) is 15.0 Å². The van der Waals surface area contributed by atoms with Crippen molar-refractivity contribution in [3.63, 3.8) is 0 Å². The second-order valence-corrected chi connectivity index (χ2v) is 15.0. The van der Waals surface area contributed by atoms with Gasteiger partial charge in [-0.05, 0) is 72.8 Å². The van der Waals surface area contributed by atoms with Crippen molar-refractivity contribution in [2.45, 2.75) is 23.6 Å². The summed E-state index contributed by atoms with van der Waals surface area (Å²) >= 11 is 0. The van der Waals surface area contributed by atoms with E-state index < -0.39 is 20.2 Å². The molecular formula is C35H34N12O9S2. The zero-order valence-electron chi connectivity index (χ0n) is 30.5. The number of aliphatic hydroxyl groups is 2. The van der Waals surface area contributed by atoms with Gasteiger partial charge in [0.15, 0.2) is 11.8 Å². The molecule has 0 aliphatic carbocycles. The molecule has 6 rings (SSSR count). The number of ether oxygens (including phenoxy) is 1. The van der Waals surface area contributed by atoms with Gasteiger partial charge in [0.05, 0.1) is 68.5 Å². The van der Waals surface area contributed by atoms with Crippen molar-refractivity contribution in [2.24, 2.45) is 30.4 Å². The molecule has 0 bridgehead atoms. The summed E-state index contributed by atoms with van der Waals surface area (Å²) in [5.41, 5.74) is 2.03. The van der Waals surface area contributed by atoms with Gasteiger partial charge in [-0.1, -0.05) is 12.1 Å². The highest BCUT2D eigenvalue weighted by Crippen LogP contribution is 2.35. The summed E-state index contributed by atoms with van der Waals surface area (Å²) in [7, 11) is -8.90. The maximum Gasteiger partial charge on any atom is 0.294 e. The predicted molar refractivity (Wildman–Crippen MR) is 214 cm³/mol. The molecule has 58 heavy (non-hydrogen) atoms. The molecule has 5 aromatic rings. The lowest BCUT2D eigenvalue weighted by atomic mass is 10.2. The molecule has 0 saturated carbocycles. The number of hydrogen-bond acceptors (Lipinski definition) is 17. The van der Waals surface area contributed by atoms with Crippen LogP contribution in [0.15, 0.2) is 125 Å². The Morgan fingerprint density at radius 2 is 1.03 bits per heavy atom. The average molecular weight is 831 g/mol. The SMILES string of the molecule is CC(O)=Nc1cc(N=Nc2cccc(S(=O)(=O)O)c2)ccc1Nc1nc(Nc2ccc(N=Nc3cccc(S(=O)(=O)O)c3)cc2N=C(C)O)nc(N2CCOCC2)n1. The molecular weight excluding hydrogens is 797 g/mol. The van der Waals surface area contributed by atoms with Crippen LogP contribution in [0.5, 0.6) is 0 Å². The highest BCUT2D eigenvalue weighted by molar-refractivity contribution is 7.86. The summed E-state index contributed by atoms with van der Waals surface area (Å²) in [4.78, 5) is 23.4. The lowest BCUT2D eigenvalue weighted by Gasteiger charge is -2.27. The molecule has 0 amide bonds. The van der Waals surface area contributed by atoms with Crippen LogP contribution in [-0.4, -0.2) is 89.2 Å². The summed E-state index contributed by atoms with van der Waals surface area (Å²) < 4.78 is 70.4. The van der Waals surface area contributed by atoms with Crippen LogP contribution in [-0.2, 0) is 25.0 Å². The minimum Gasteiger partial charge on any atom is -0.497 e. The zero-order valence-corrected chi connectivity index (χ0v) is 32.2. The van der Waals surface area contributed by atoms with Crippen LogP contribution in [0.3, 0.4) is 0 Å². The first-order chi connectivity index (χ1) is 27.6. The van der Waals surface area contributed by atoms with Gasteiger partial charge in [0.2, 0.25) is 17.8 Å². The molecule has 1 aliphatic heterocycles. The van der Waals surface area contributed by atoms with Gasteiger partial charge < -0.3 is 30.5 Å². The van der Waals surface area contributed by atoms with Gasteiger partial charge in [0, 0.05) is 26.9 Å². The minimum absolute atomic E-state index is 0.0726. The zero-order chi connectivity index (χ0) is 41.5. The molecule has 21 nitrogen and oxygen atoms in total. The topological polar surface area (TPSA) is 299 Å². The molecule has 0 radical (unpaired) electrons. The minimum atomic E-state index is -4.45. The van der Waals surface area contributed by atoms with Gasteiger partial charge >= 0.3 is 0 Å². The first kappa shape index (κ1) is 40.9. The Balaban J connectivity index is 1.32. The van der Waals surface area contributed by atoms with E-state index >= 15 is 0 Å². The van der Waals surface area contributed by atoms with E-state index in [9.17, 15) is 36.2 Å². The van der Waals surface area contributed by atoms with E-state index in [1.807, 2.05) is 4.90 Å². The molecule has 6 N–H and O–H groups in total. The number of nitrogens with zero attached hydrogens (tertiary/aromatic N) is 10. The molecule has 1 aromatic heterocycles. The molecule has 4 aromatic carbocycles. The van der Waals surface area contributed by atoms with Crippen LogP contribution in [0.25, 0.3) is 0 Å². The third-order valence-electron chi connectivity index (χ3n) is 7.73. The van der Waals surface area contributed by atoms with Gasteiger partial charge in [-0.3, -0.25) is 9.11 Å². The number of rotatable bonds is 13. The molecule has 300 valence electrons. The second kappa shape index (κ2) is 17.6. The van der Waals surface area contributed by atoms with Crippen molar-refractivity contribution >= 4 is 95.4 Å². The number of anilines is 5. The third-order valence-corrected chi connectivity index (χ3v) is 9.43. The third kappa shape index (κ3) is 11.2. The second-order valence-electron chi connectivity index (χ2n) is 12.2. The van der Waals surface area contributed by atoms with E-state index in [2.05, 4.69) is 56.0 Å². The van der Waals surface area contributed by atoms with Crippen molar-refractivity contribution in [1.29, 1.82) is 0 Å². The van der Waals surface area contributed by atoms with E-state index in [0.717, 1.165) is 12.1 Å². The normalized spacial score (nSPS) is 14.3. The van der Waals surface area contributed by atoms with Crippen LogP contribution in [0.1, 0.15) is 13.8 Å². The molecule has 0 spiro atoms.